The summed E-state index contributed by atoms with van der Waals surface area (Å²) in [5.41, 5.74) is 1.75. The smallest absolute Gasteiger partial charge is 0.341 e. The van der Waals surface area contributed by atoms with Gasteiger partial charge in [0.05, 0.1) is 27.4 Å². The Kier molecular flexibility index (Phi) is 8.49. The van der Waals surface area contributed by atoms with E-state index in [4.69, 9.17) is 14.2 Å². The number of nitrogens with zero attached hydrogens (tertiary/aromatic N) is 1. The van der Waals surface area contributed by atoms with E-state index >= 15 is 0 Å². The summed E-state index contributed by atoms with van der Waals surface area (Å²) in [5.74, 6) is 0.447. The molecule has 1 N–H and O–H groups in total. The van der Waals surface area contributed by atoms with E-state index in [1.165, 1.54) is 16.2 Å². The Bertz CT molecular complexity index is 1090. The Balaban J connectivity index is 1.86. The first-order valence-electron chi connectivity index (χ1n) is 10.4. The lowest BCUT2D eigenvalue weighted by atomic mass is 10.0. The van der Waals surface area contributed by atoms with E-state index in [1.807, 2.05) is 34.8 Å². The van der Waals surface area contributed by atoms with E-state index in [0.29, 0.717) is 27.6 Å². The number of esters is 1. The number of methoxy groups -OCH3 is 2. The molecule has 0 bridgehead atoms. The van der Waals surface area contributed by atoms with Crippen molar-refractivity contribution in [3.8, 4) is 22.6 Å². The normalized spacial score (nSPS) is 11.8. The minimum absolute atomic E-state index is 0.103. The lowest BCUT2D eigenvalue weighted by Crippen LogP contribution is -2.32. The highest BCUT2D eigenvalue weighted by Crippen LogP contribution is 2.39. The molecular weight excluding hydrogens is 460 g/mol. The van der Waals surface area contributed by atoms with Crippen LogP contribution in [0, 0.1) is 0 Å². The zero-order valence-electron chi connectivity index (χ0n) is 19.3. The molecule has 33 heavy (non-hydrogen) atoms. The molecule has 0 fully saturated rings. The van der Waals surface area contributed by atoms with Crippen molar-refractivity contribution in [1.29, 1.82) is 0 Å². The molecule has 0 aliphatic carbocycles. The maximum absolute atomic E-state index is 12.8. The predicted octanol–water partition coefficient (Wildman–Crippen LogP) is 5.30. The number of amides is 1. The maximum atomic E-state index is 12.8. The number of rotatable bonds is 10. The van der Waals surface area contributed by atoms with Crippen molar-refractivity contribution in [3.05, 3.63) is 51.5 Å². The van der Waals surface area contributed by atoms with Crippen molar-refractivity contribution in [1.82, 2.24) is 4.90 Å². The molecule has 1 aromatic carbocycles. The number of hydrogen-bond donors (Lipinski definition) is 1. The zero-order valence-corrected chi connectivity index (χ0v) is 21.0. The van der Waals surface area contributed by atoms with Crippen molar-refractivity contribution in [2.75, 3.05) is 39.7 Å². The van der Waals surface area contributed by atoms with E-state index in [-0.39, 0.29) is 25.1 Å². The highest BCUT2D eigenvalue weighted by Gasteiger charge is 2.24. The van der Waals surface area contributed by atoms with Gasteiger partial charge in [0, 0.05) is 21.9 Å². The van der Waals surface area contributed by atoms with Crippen LogP contribution in [0.1, 0.15) is 35.1 Å². The number of anilines is 1. The highest BCUT2D eigenvalue weighted by molar-refractivity contribution is 7.15. The second-order valence-corrected chi connectivity index (χ2v) is 9.16. The summed E-state index contributed by atoms with van der Waals surface area (Å²) in [4.78, 5) is 28.8. The third-order valence-electron chi connectivity index (χ3n) is 5.23. The monoisotopic (exact) mass is 488 g/mol. The number of carbonyl (C=O) groups excluding carboxylic acids is 2. The van der Waals surface area contributed by atoms with Gasteiger partial charge in [0.1, 0.15) is 10.6 Å². The van der Waals surface area contributed by atoms with Gasteiger partial charge in [-0.2, -0.15) is 0 Å². The van der Waals surface area contributed by atoms with Crippen molar-refractivity contribution >= 4 is 39.6 Å². The molecule has 1 amide bonds. The van der Waals surface area contributed by atoms with E-state index in [0.717, 1.165) is 5.56 Å². The van der Waals surface area contributed by atoms with Gasteiger partial charge in [-0.05, 0) is 50.0 Å². The minimum Gasteiger partial charge on any atom is -0.493 e. The predicted molar refractivity (Wildman–Crippen MR) is 133 cm³/mol. The van der Waals surface area contributed by atoms with Crippen molar-refractivity contribution in [2.24, 2.45) is 0 Å². The first-order chi connectivity index (χ1) is 15.9. The molecule has 0 spiro atoms. The summed E-state index contributed by atoms with van der Waals surface area (Å²) >= 11 is 2.95. The average Bonchev–Trinajstić information content (AvgIpc) is 3.48. The standard InChI is InChI=1S/C24H28N2O5S2/c1-6-31-24(28)22-17(16-9-10-18(29-4)19(12-16)30-5)14-33-23(22)25-21(27)13-26(3)15(2)20-8-7-11-32-20/h7-12,14-15H,6,13H2,1-5H3,(H,25,27). The first-order valence-corrected chi connectivity index (χ1v) is 12.2. The van der Waals surface area contributed by atoms with E-state index in [9.17, 15) is 9.59 Å². The number of nitrogens with one attached hydrogen (secondary N) is 1. The average molecular weight is 489 g/mol. The molecule has 9 heteroatoms. The third kappa shape index (κ3) is 5.73. The molecule has 1 atom stereocenters. The molecule has 0 radical (unpaired) electrons. The quantitative estimate of drug-likeness (QED) is 0.390. The van der Waals surface area contributed by atoms with Crippen LogP contribution in [0.2, 0.25) is 0 Å². The van der Waals surface area contributed by atoms with E-state index in [2.05, 4.69) is 18.3 Å². The van der Waals surface area contributed by atoms with Gasteiger partial charge < -0.3 is 19.5 Å². The molecule has 0 saturated carbocycles. The van der Waals surface area contributed by atoms with Gasteiger partial charge in [-0.3, -0.25) is 9.69 Å². The summed E-state index contributed by atoms with van der Waals surface area (Å²) < 4.78 is 16.0. The van der Waals surface area contributed by atoms with Gasteiger partial charge in [-0.1, -0.05) is 12.1 Å². The number of thiophene rings is 2. The van der Waals surface area contributed by atoms with Crippen LogP contribution in [0.15, 0.2) is 41.1 Å². The zero-order chi connectivity index (χ0) is 24.0. The van der Waals surface area contributed by atoms with Gasteiger partial charge in [-0.15, -0.1) is 22.7 Å². The third-order valence-corrected chi connectivity index (χ3v) is 7.17. The van der Waals surface area contributed by atoms with Crippen LogP contribution >= 0.6 is 22.7 Å². The summed E-state index contributed by atoms with van der Waals surface area (Å²) in [6, 6.07) is 9.57. The number of ether oxygens (including phenoxy) is 3. The lowest BCUT2D eigenvalue weighted by Gasteiger charge is -2.23. The molecule has 3 aromatic rings. The summed E-state index contributed by atoms with van der Waals surface area (Å²) in [6.07, 6.45) is 0. The number of carbonyl (C=O) groups is 2. The second kappa shape index (κ2) is 11.3. The second-order valence-electron chi connectivity index (χ2n) is 7.30. The maximum Gasteiger partial charge on any atom is 0.341 e. The molecule has 7 nitrogen and oxygen atoms in total. The molecule has 2 aromatic heterocycles. The van der Waals surface area contributed by atoms with Gasteiger partial charge in [0.25, 0.3) is 0 Å². The fraction of sp³-hybridized carbons (Fsp3) is 0.333. The number of hydrogen-bond acceptors (Lipinski definition) is 8. The molecule has 3 rings (SSSR count). The minimum atomic E-state index is -0.487. The molecule has 0 aliphatic heterocycles. The number of benzene rings is 1. The van der Waals surface area contributed by atoms with Gasteiger partial charge in [0.2, 0.25) is 5.91 Å². The van der Waals surface area contributed by atoms with Crippen LogP contribution in [0.3, 0.4) is 0 Å². The topological polar surface area (TPSA) is 77.1 Å². The van der Waals surface area contributed by atoms with Crippen molar-refractivity contribution in [2.45, 2.75) is 19.9 Å². The van der Waals surface area contributed by atoms with Crippen LogP contribution in [0.5, 0.6) is 11.5 Å². The Labute approximate surface area is 201 Å². The fourth-order valence-electron chi connectivity index (χ4n) is 3.35. The summed E-state index contributed by atoms with van der Waals surface area (Å²) in [7, 11) is 5.02. The molecule has 0 saturated heterocycles. The van der Waals surface area contributed by atoms with Crippen molar-refractivity contribution < 1.29 is 23.8 Å². The molecule has 176 valence electrons. The Morgan fingerprint density at radius 1 is 1.12 bits per heavy atom. The van der Waals surface area contributed by atoms with E-state index < -0.39 is 5.97 Å². The Morgan fingerprint density at radius 3 is 2.52 bits per heavy atom. The van der Waals surface area contributed by atoms with Crippen molar-refractivity contribution in [3.63, 3.8) is 0 Å². The highest BCUT2D eigenvalue weighted by atomic mass is 32.1. The lowest BCUT2D eigenvalue weighted by molar-refractivity contribution is -0.117. The van der Waals surface area contributed by atoms with Gasteiger partial charge in [-0.25, -0.2) is 4.79 Å². The van der Waals surface area contributed by atoms with Gasteiger partial charge >= 0.3 is 5.97 Å². The Hall–Kier alpha value is -2.88. The molecular formula is C24H28N2O5S2. The van der Waals surface area contributed by atoms with Crippen LogP contribution in [0.25, 0.3) is 11.1 Å². The molecule has 0 aliphatic rings. The fourth-order valence-corrected chi connectivity index (χ4v) is 5.17. The van der Waals surface area contributed by atoms with Crippen LogP contribution < -0.4 is 14.8 Å². The number of likely N-dealkylation sites (N-methyl/N-ethyl adjacent to an activating group) is 1. The van der Waals surface area contributed by atoms with Crippen LogP contribution in [0.4, 0.5) is 5.00 Å². The van der Waals surface area contributed by atoms with Gasteiger partial charge in [0.15, 0.2) is 11.5 Å². The van der Waals surface area contributed by atoms with Crippen LogP contribution in [-0.4, -0.2) is 51.2 Å². The largest absolute Gasteiger partial charge is 0.493 e. The molecule has 2 heterocycles. The SMILES string of the molecule is CCOC(=O)c1c(-c2ccc(OC)c(OC)c2)csc1NC(=O)CN(C)C(C)c1cccs1. The van der Waals surface area contributed by atoms with Crippen LogP contribution in [-0.2, 0) is 9.53 Å². The Morgan fingerprint density at radius 2 is 1.88 bits per heavy atom. The summed E-state index contributed by atoms with van der Waals surface area (Å²) in [6.45, 7) is 4.22. The molecule has 1 unspecified atom stereocenters. The summed E-state index contributed by atoms with van der Waals surface area (Å²) in [5, 5.41) is 7.22. The van der Waals surface area contributed by atoms with E-state index in [1.54, 1.807) is 44.6 Å². The first kappa shape index (κ1) is 24.8.